The Morgan fingerprint density at radius 1 is 1.60 bits per heavy atom. The number of hydrogen-bond acceptors (Lipinski definition) is 2. The molecule has 0 saturated carbocycles. The average molecular weight is 247 g/mol. The smallest absolute Gasteiger partial charge is 0.125 e. The summed E-state index contributed by atoms with van der Waals surface area (Å²) in [7, 11) is 0. The summed E-state index contributed by atoms with van der Waals surface area (Å²) >= 11 is 11.4. The highest BCUT2D eigenvalue weighted by Crippen LogP contribution is 2.28. The third kappa shape index (κ3) is 3.74. The molecule has 0 saturated heterocycles. The van der Waals surface area contributed by atoms with Gasteiger partial charge in [0, 0.05) is 15.6 Å². The zero-order valence-corrected chi connectivity index (χ0v) is 9.85. The van der Waals surface area contributed by atoms with Crippen molar-refractivity contribution in [1.29, 1.82) is 0 Å². The molecule has 82 valence electrons. The normalized spacial score (nSPS) is 12.3. The maximum absolute atomic E-state index is 9.50. The molecule has 0 aliphatic carbocycles. The van der Waals surface area contributed by atoms with Gasteiger partial charge in [0.2, 0.25) is 0 Å². The van der Waals surface area contributed by atoms with Gasteiger partial charge in [-0.3, -0.25) is 0 Å². The molecule has 1 rings (SSSR count). The Kier molecular flexibility index (Phi) is 4.45. The Morgan fingerprint density at radius 2 is 2.27 bits per heavy atom. The van der Waals surface area contributed by atoms with Gasteiger partial charge >= 0.3 is 0 Å². The molecule has 4 heteroatoms. The van der Waals surface area contributed by atoms with Crippen LogP contribution in [-0.4, -0.2) is 11.7 Å². The van der Waals surface area contributed by atoms with Crippen molar-refractivity contribution >= 4 is 23.2 Å². The lowest BCUT2D eigenvalue weighted by Crippen LogP contribution is -2.01. The van der Waals surface area contributed by atoms with E-state index in [1.165, 1.54) is 0 Å². The van der Waals surface area contributed by atoms with E-state index in [0.717, 1.165) is 0 Å². The Balaban J connectivity index is 2.90. The van der Waals surface area contributed by atoms with E-state index < -0.39 is 6.10 Å². The van der Waals surface area contributed by atoms with Gasteiger partial charge in [0.1, 0.15) is 12.4 Å². The van der Waals surface area contributed by atoms with E-state index in [2.05, 4.69) is 6.58 Å². The quantitative estimate of drug-likeness (QED) is 0.881. The summed E-state index contributed by atoms with van der Waals surface area (Å²) in [5.41, 5.74) is 0.639. The zero-order chi connectivity index (χ0) is 11.4. The summed E-state index contributed by atoms with van der Waals surface area (Å²) in [5.74, 6) is 0.566. The maximum atomic E-state index is 9.50. The predicted molar refractivity (Wildman–Crippen MR) is 62.6 cm³/mol. The van der Waals surface area contributed by atoms with Crippen LogP contribution < -0.4 is 4.74 Å². The molecular formula is C11H12Cl2O2. The first-order chi connectivity index (χ1) is 7.00. The van der Waals surface area contributed by atoms with Gasteiger partial charge in [-0.15, -0.1) is 0 Å². The maximum Gasteiger partial charge on any atom is 0.125 e. The molecule has 0 radical (unpaired) electrons. The van der Waals surface area contributed by atoms with Gasteiger partial charge in [0.15, 0.2) is 0 Å². The second kappa shape index (κ2) is 5.40. The van der Waals surface area contributed by atoms with Crippen molar-refractivity contribution in [2.45, 2.75) is 13.0 Å². The lowest BCUT2D eigenvalue weighted by Gasteiger charge is -2.13. The van der Waals surface area contributed by atoms with Crippen LogP contribution in [0.1, 0.15) is 18.6 Å². The molecule has 1 unspecified atom stereocenters. The number of halogens is 2. The third-order valence-electron chi connectivity index (χ3n) is 1.81. The van der Waals surface area contributed by atoms with Gasteiger partial charge in [-0.2, -0.15) is 0 Å². The summed E-state index contributed by atoms with van der Waals surface area (Å²) < 4.78 is 5.36. The molecule has 1 aromatic rings. The van der Waals surface area contributed by atoms with Crippen LogP contribution in [0.3, 0.4) is 0 Å². The Bertz CT molecular complexity index is 362. The van der Waals surface area contributed by atoms with Crippen molar-refractivity contribution in [3.05, 3.63) is 40.4 Å². The van der Waals surface area contributed by atoms with Crippen LogP contribution >= 0.6 is 23.2 Å². The van der Waals surface area contributed by atoms with Crippen LogP contribution in [0.2, 0.25) is 5.02 Å². The number of ether oxygens (including phenoxy) is 1. The molecule has 1 aromatic carbocycles. The molecule has 0 aliphatic heterocycles. The Morgan fingerprint density at radius 3 is 2.80 bits per heavy atom. The first kappa shape index (κ1) is 12.4. The first-order valence-corrected chi connectivity index (χ1v) is 5.20. The van der Waals surface area contributed by atoms with E-state index in [1.807, 2.05) is 0 Å². The van der Waals surface area contributed by atoms with Crippen LogP contribution in [0.5, 0.6) is 5.75 Å². The zero-order valence-electron chi connectivity index (χ0n) is 8.34. The molecule has 0 spiro atoms. The summed E-state index contributed by atoms with van der Waals surface area (Å²) in [4.78, 5) is 0. The highest BCUT2D eigenvalue weighted by atomic mass is 35.5. The number of rotatable bonds is 4. The molecule has 15 heavy (non-hydrogen) atoms. The Hall–Kier alpha value is -0.700. The van der Waals surface area contributed by atoms with E-state index in [9.17, 15) is 5.11 Å². The molecule has 0 aromatic heterocycles. The number of benzene rings is 1. The van der Waals surface area contributed by atoms with Crippen LogP contribution in [0.4, 0.5) is 0 Å². The fourth-order valence-electron chi connectivity index (χ4n) is 1.13. The average Bonchev–Trinajstić information content (AvgIpc) is 2.15. The molecule has 0 bridgehead atoms. The largest absolute Gasteiger partial charge is 0.488 e. The molecule has 0 fully saturated rings. The second-order valence-electron chi connectivity index (χ2n) is 3.16. The number of hydrogen-bond donors (Lipinski definition) is 1. The SMILES string of the molecule is C=C(Cl)COc1ccc(Cl)cc1C(C)O. The molecule has 1 atom stereocenters. The van der Waals surface area contributed by atoms with Crippen LogP contribution in [0, 0.1) is 0 Å². The molecule has 0 aliphatic rings. The van der Waals surface area contributed by atoms with Crippen LogP contribution in [0.25, 0.3) is 0 Å². The monoisotopic (exact) mass is 246 g/mol. The van der Waals surface area contributed by atoms with Crippen molar-refractivity contribution < 1.29 is 9.84 Å². The molecular weight excluding hydrogens is 235 g/mol. The Labute approximate surface area is 99.1 Å². The third-order valence-corrected chi connectivity index (χ3v) is 2.15. The van der Waals surface area contributed by atoms with E-state index >= 15 is 0 Å². The minimum absolute atomic E-state index is 0.211. The topological polar surface area (TPSA) is 29.5 Å². The summed E-state index contributed by atoms with van der Waals surface area (Å²) in [6, 6.07) is 5.06. The minimum atomic E-state index is -0.637. The van der Waals surface area contributed by atoms with Gasteiger partial charge < -0.3 is 9.84 Å². The molecule has 0 heterocycles. The van der Waals surface area contributed by atoms with E-state index in [0.29, 0.717) is 21.4 Å². The van der Waals surface area contributed by atoms with Crippen LogP contribution in [0.15, 0.2) is 29.8 Å². The van der Waals surface area contributed by atoms with Gasteiger partial charge in [0.25, 0.3) is 0 Å². The van der Waals surface area contributed by atoms with Crippen molar-refractivity contribution in [3.63, 3.8) is 0 Å². The fraction of sp³-hybridized carbons (Fsp3) is 0.273. The van der Waals surface area contributed by atoms with Gasteiger partial charge in [-0.05, 0) is 25.1 Å². The summed E-state index contributed by atoms with van der Waals surface area (Å²) in [5, 5.41) is 10.5. The lowest BCUT2D eigenvalue weighted by atomic mass is 10.1. The first-order valence-electron chi connectivity index (χ1n) is 4.44. The summed E-state index contributed by atoms with van der Waals surface area (Å²) in [6.45, 7) is 5.37. The van der Waals surface area contributed by atoms with Crippen LogP contribution in [-0.2, 0) is 0 Å². The molecule has 0 amide bonds. The van der Waals surface area contributed by atoms with Gasteiger partial charge in [-0.25, -0.2) is 0 Å². The number of aliphatic hydroxyl groups is 1. The lowest BCUT2D eigenvalue weighted by molar-refractivity contribution is 0.193. The van der Waals surface area contributed by atoms with Gasteiger partial charge in [0.05, 0.1) is 6.10 Å². The van der Waals surface area contributed by atoms with Crippen molar-refractivity contribution in [2.75, 3.05) is 6.61 Å². The van der Waals surface area contributed by atoms with E-state index in [-0.39, 0.29) is 6.61 Å². The fourth-order valence-corrected chi connectivity index (χ4v) is 1.37. The molecule has 1 N–H and O–H groups in total. The predicted octanol–water partition coefficient (Wildman–Crippen LogP) is 3.52. The highest BCUT2D eigenvalue weighted by molar-refractivity contribution is 6.30. The standard InChI is InChI=1S/C11H12Cl2O2/c1-7(12)6-15-11-4-3-9(13)5-10(11)8(2)14/h3-5,8,14H,1,6H2,2H3. The number of aliphatic hydroxyl groups excluding tert-OH is 1. The van der Waals surface area contributed by atoms with Crippen molar-refractivity contribution in [2.24, 2.45) is 0 Å². The minimum Gasteiger partial charge on any atom is -0.488 e. The van der Waals surface area contributed by atoms with E-state index in [1.54, 1.807) is 25.1 Å². The van der Waals surface area contributed by atoms with Gasteiger partial charge in [-0.1, -0.05) is 29.8 Å². The second-order valence-corrected chi connectivity index (χ2v) is 4.14. The molecule has 2 nitrogen and oxygen atoms in total. The highest BCUT2D eigenvalue weighted by Gasteiger charge is 2.09. The van der Waals surface area contributed by atoms with Crippen molar-refractivity contribution in [3.8, 4) is 5.75 Å². The summed E-state index contributed by atoms with van der Waals surface area (Å²) in [6.07, 6.45) is -0.637. The van der Waals surface area contributed by atoms with E-state index in [4.69, 9.17) is 27.9 Å². The van der Waals surface area contributed by atoms with Crippen molar-refractivity contribution in [1.82, 2.24) is 0 Å².